The largest absolute Gasteiger partial charge is 0.369 e. The van der Waals surface area contributed by atoms with Gasteiger partial charge in [-0.3, -0.25) is 14.7 Å². The van der Waals surface area contributed by atoms with E-state index in [0.29, 0.717) is 17.8 Å². The molecule has 152 valence electrons. The smallest absolute Gasteiger partial charge is 0.231 e. The molecule has 9 heteroatoms. The molecule has 1 aliphatic rings. The van der Waals surface area contributed by atoms with Crippen LogP contribution in [-0.2, 0) is 4.79 Å². The van der Waals surface area contributed by atoms with E-state index < -0.39 is 0 Å². The van der Waals surface area contributed by atoms with E-state index in [-0.39, 0.29) is 29.9 Å². The topological polar surface area (TPSA) is 82.8 Å². The Morgan fingerprint density at radius 3 is 2.70 bits per heavy atom. The van der Waals surface area contributed by atoms with Crippen LogP contribution in [0.3, 0.4) is 0 Å². The number of rotatable bonds is 7. The van der Waals surface area contributed by atoms with Crippen LogP contribution in [-0.4, -0.2) is 62.3 Å². The second kappa shape index (κ2) is 12.7. The molecule has 27 heavy (non-hydrogen) atoms. The summed E-state index contributed by atoms with van der Waals surface area (Å²) in [5.41, 5.74) is 6.46. The third kappa shape index (κ3) is 8.45. The molecule has 0 aliphatic carbocycles. The number of primary amides is 1. The maximum Gasteiger partial charge on any atom is 0.231 e. The highest BCUT2D eigenvalue weighted by Crippen LogP contribution is 2.27. The van der Waals surface area contributed by atoms with Crippen molar-refractivity contribution in [2.45, 2.75) is 24.1 Å². The van der Waals surface area contributed by atoms with Crippen LogP contribution in [0.25, 0.3) is 0 Å². The van der Waals surface area contributed by atoms with Crippen molar-refractivity contribution in [1.29, 1.82) is 0 Å². The van der Waals surface area contributed by atoms with Gasteiger partial charge in [-0.25, -0.2) is 0 Å². The Kier molecular flexibility index (Phi) is 11.4. The maximum atomic E-state index is 11.0. The minimum atomic E-state index is -0.266. The molecule has 1 amide bonds. The summed E-state index contributed by atoms with van der Waals surface area (Å²) < 4.78 is 0. The van der Waals surface area contributed by atoms with E-state index in [1.165, 1.54) is 5.56 Å². The summed E-state index contributed by atoms with van der Waals surface area (Å²) in [6, 6.07) is 8.33. The highest BCUT2D eigenvalue weighted by atomic mass is 127. The van der Waals surface area contributed by atoms with Gasteiger partial charge in [0.2, 0.25) is 5.91 Å². The SMILES string of the molecule is CN=C(NCC(SC)c1cccc(Cl)c1)NC1CCN(CC(N)=O)CC1.I. The number of thioether (sulfide) groups is 1. The number of piperidine rings is 1. The van der Waals surface area contributed by atoms with Crippen LogP contribution < -0.4 is 16.4 Å². The van der Waals surface area contributed by atoms with Gasteiger partial charge in [0.1, 0.15) is 0 Å². The van der Waals surface area contributed by atoms with E-state index in [0.717, 1.165) is 43.5 Å². The number of nitrogens with zero attached hydrogens (tertiary/aromatic N) is 2. The molecule has 1 saturated heterocycles. The Hall–Kier alpha value is -0.710. The molecule has 1 heterocycles. The van der Waals surface area contributed by atoms with Crippen LogP contribution in [0.4, 0.5) is 0 Å². The Morgan fingerprint density at radius 2 is 2.15 bits per heavy atom. The van der Waals surface area contributed by atoms with Gasteiger partial charge in [0.05, 0.1) is 6.54 Å². The predicted molar refractivity (Wildman–Crippen MR) is 126 cm³/mol. The zero-order valence-electron chi connectivity index (χ0n) is 15.8. The number of nitrogens with two attached hydrogens (primary N) is 1. The molecule has 1 aromatic carbocycles. The molecular weight excluding hydrogens is 497 g/mol. The Bertz CT molecular complexity index is 626. The molecule has 0 radical (unpaired) electrons. The number of hydrogen-bond donors (Lipinski definition) is 3. The lowest BCUT2D eigenvalue weighted by atomic mass is 10.1. The Labute approximate surface area is 188 Å². The molecular formula is C18H29ClIN5OS. The van der Waals surface area contributed by atoms with E-state index in [1.54, 1.807) is 18.8 Å². The van der Waals surface area contributed by atoms with Crippen LogP contribution >= 0.6 is 47.3 Å². The molecule has 0 bridgehead atoms. The van der Waals surface area contributed by atoms with E-state index in [2.05, 4.69) is 32.8 Å². The number of guanidine groups is 1. The van der Waals surface area contributed by atoms with Gasteiger partial charge >= 0.3 is 0 Å². The van der Waals surface area contributed by atoms with Gasteiger partial charge in [-0.1, -0.05) is 23.7 Å². The Balaban J connectivity index is 0.00000364. The number of carbonyl (C=O) groups is 1. The van der Waals surface area contributed by atoms with Gasteiger partial charge in [-0.05, 0) is 36.8 Å². The third-order valence-corrected chi connectivity index (χ3v) is 5.73. The van der Waals surface area contributed by atoms with Crippen molar-refractivity contribution in [3.8, 4) is 0 Å². The van der Waals surface area contributed by atoms with Crippen LogP contribution in [0.2, 0.25) is 5.02 Å². The van der Waals surface area contributed by atoms with Crippen molar-refractivity contribution in [2.24, 2.45) is 10.7 Å². The lowest BCUT2D eigenvalue weighted by molar-refractivity contribution is -0.119. The number of amides is 1. The van der Waals surface area contributed by atoms with E-state index in [4.69, 9.17) is 17.3 Å². The zero-order valence-corrected chi connectivity index (χ0v) is 19.7. The second-order valence-electron chi connectivity index (χ2n) is 6.39. The van der Waals surface area contributed by atoms with Crippen molar-refractivity contribution in [3.63, 3.8) is 0 Å². The third-order valence-electron chi connectivity index (χ3n) is 4.49. The van der Waals surface area contributed by atoms with Gasteiger partial charge in [0.15, 0.2) is 5.96 Å². The number of hydrogen-bond acceptors (Lipinski definition) is 4. The first-order chi connectivity index (χ1) is 12.5. The predicted octanol–water partition coefficient (Wildman–Crippen LogP) is 2.48. The average Bonchev–Trinajstić information content (AvgIpc) is 2.62. The summed E-state index contributed by atoms with van der Waals surface area (Å²) in [4.78, 5) is 17.4. The standard InChI is InChI=1S/C18H28ClN5OS.HI/c1-21-18(23-15-6-8-24(9-7-15)12-17(20)25)22-11-16(26-2)13-4-3-5-14(19)10-13;/h3-5,10,15-16H,6-9,11-12H2,1-2H3,(H2,20,25)(H2,21,22,23);1H. The summed E-state index contributed by atoms with van der Waals surface area (Å²) in [6.07, 6.45) is 4.03. The summed E-state index contributed by atoms with van der Waals surface area (Å²) in [5, 5.41) is 7.95. The minimum Gasteiger partial charge on any atom is -0.369 e. The van der Waals surface area contributed by atoms with Crippen molar-refractivity contribution in [2.75, 3.05) is 39.5 Å². The lowest BCUT2D eigenvalue weighted by Gasteiger charge is -2.32. The molecule has 2 rings (SSSR count). The zero-order chi connectivity index (χ0) is 18.9. The summed E-state index contributed by atoms with van der Waals surface area (Å²) >= 11 is 7.89. The number of halogens is 2. The van der Waals surface area contributed by atoms with Gasteiger partial charge < -0.3 is 16.4 Å². The highest BCUT2D eigenvalue weighted by molar-refractivity contribution is 14.0. The van der Waals surface area contributed by atoms with Crippen molar-refractivity contribution in [1.82, 2.24) is 15.5 Å². The van der Waals surface area contributed by atoms with E-state index in [1.807, 2.05) is 18.2 Å². The van der Waals surface area contributed by atoms with Crippen LogP contribution in [0.1, 0.15) is 23.7 Å². The molecule has 4 N–H and O–H groups in total. The molecule has 1 aromatic rings. The number of benzene rings is 1. The minimum absolute atomic E-state index is 0. The van der Waals surface area contributed by atoms with Gasteiger partial charge in [0, 0.05) is 43.0 Å². The fourth-order valence-corrected chi connectivity index (χ4v) is 3.94. The average molecular weight is 526 g/mol. The first-order valence-electron chi connectivity index (χ1n) is 8.78. The summed E-state index contributed by atoms with van der Waals surface area (Å²) in [6.45, 7) is 2.84. The fourth-order valence-electron chi connectivity index (χ4n) is 3.08. The highest BCUT2D eigenvalue weighted by Gasteiger charge is 2.21. The molecule has 1 fully saturated rings. The number of likely N-dealkylation sites (tertiary alicyclic amines) is 1. The molecule has 0 aromatic heterocycles. The first-order valence-corrected chi connectivity index (χ1v) is 10.4. The monoisotopic (exact) mass is 525 g/mol. The fraction of sp³-hybridized carbons (Fsp3) is 0.556. The number of aliphatic imine (C=N–C) groups is 1. The quantitative estimate of drug-likeness (QED) is 0.289. The van der Waals surface area contributed by atoms with E-state index in [9.17, 15) is 4.79 Å². The van der Waals surface area contributed by atoms with Crippen molar-refractivity contribution >= 4 is 59.2 Å². The maximum absolute atomic E-state index is 11.0. The van der Waals surface area contributed by atoms with Gasteiger partial charge in [0.25, 0.3) is 0 Å². The van der Waals surface area contributed by atoms with Gasteiger partial charge in [-0.15, -0.1) is 24.0 Å². The van der Waals surface area contributed by atoms with E-state index >= 15 is 0 Å². The number of nitrogens with one attached hydrogen (secondary N) is 2. The summed E-state index contributed by atoms with van der Waals surface area (Å²) in [7, 11) is 1.78. The molecule has 6 nitrogen and oxygen atoms in total. The molecule has 1 aliphatic heterocycles. The van der Waals surface area contributed by atoms with Crippen LogP contribution in [0.5, 0.6) is 0 Å². The molecule has 0 spiro atoms. The van der Waals surface area contributed by atoms with Crippen LogP contribution in [0.15, 0.2) is 29.3 Å². The molecule has 0 saturated carbocycles. The van der Waals surface area contributed by atoms with Crippen LogP contribution in [0, 0.1) is 0 Å². The van der Waals surface area contributed by atoms with Crippen molar-refractivity contribution < 1.29 is 4.79 Å². The first kappa shape index (κ1) is 24.3. The summed E-state index contributed by atoms with van der Waals surface area (Å²) in [5.74, 6) is 0.539. The molecule has 1 atom stereocenters. The normalized spacial score (nSPS) is 17.1. The Morgan fingerprint density at radius 1 is 1.44 bits per heavy atom. The van der Waals surface area contributed by atoms with Crippen molar-refractivity contribution in [3.05, 3.63) is 34.9 Å². The van der Waals surface area contributed by atoms with Gasteiger partial charge in [-0.2, -0.15) is 11.8 Å². The molecule has 1 unspecified atom stereocenters. The second-order valence-corrected chi connectivity index (χ2v) is 7.87. The number of carbonyl (C=O) groups excluding carboxylic acids is 1. The lowest BCUT2D eigenvalue weighted by Crippen LogP contribution is -2.50.